The summed E-state index contributed by atoms with van der Waals surface area (Å²) < 4.78 is 8.82. The number of rotatable bonds is 6. The molecule has 5 heteroatoms. The van der Waals surface area contributed by atoms with Crippen molar-refractivity contribution in [2.24, 2.45) is 0 Å². The third kappa shape index (κ3) is 5.29. The van der Waals surface area contributed by atoms with Crippen molar-refractivity contribution in [1.29, 1.82) is 0 Å². The van der Waals surface area contributed by atoms with Gasteiger partial charge in [-0.1, -0.05) is 158 Å². The first kappa shape index (κ1) is 31.9. The first-order chi connectivity index (χ1) is 27.8. The summed E-state index contributed by atoms with van der Waals surface area (Å²) in [5.41, 5.74) is 12.0. The van der Waals surface area contributed by atoms with Crippen LogP contribution in [0.3, 0.4) is 0 Å². The van der Waals surface area contributed by atoms with E-state index >= 15 is 0 Å². The van der Waals surface area contributed by atoms with Crippen LogP contribution >= 0.6 is 0 Å². The second kappa shape index (κ2) is 13.0. The quantitative estimate of drug-likeness (QED) is 0.172. The topological polar surface area (TPSA) is 56.7 Å². The standard InChI is InChI=1S/C51H32N4O/c1-4-16-33(17-5-1)37-22-10-11-23-38(37)36-28-29-45(43(30-36)51-53-49(34-18-6-2-7-19-34)52-50(54-51)35-20-8-3-9-21-35)55-44-26-14-12-24-39(44)41-31-42-40-25-13-15-27-47(40)56-48(42)32-46(41)55/h1-32H. The van der Waals surface area contributed by atoms with Gasteiger partial charge in [-0.2, -0.15) is 0 Å². The molecule has 0 spiro atoms. The normalized spacial score (nSPS) is 11.6. The highest BCUT2D eigenvalue weighted by Crippen LogP contribution is 2.42. The minimum absolute atomic E-state index is 0.586. The van der Waals surface area contributed by atoms with E-state index in [1.54, 1.807) is 0 Å². The van der Waals surface area contributed by atoms with E-state index < -0.39 is 0 Å². The van der Waals surface area contributed by atoms with Gasteiger partial charge in [-0.25, -0.2) is 15.0 Å². The maximum atomic E-state index is 6.48. The molecule has 0 fully saturated rings. The Morgan fingerprint density at radius 1 is 0.321 bits per heavy atom. The van der Waals surface area contributed by atoms with Crippen LogP contribution in [-0.2, 0) is 0 Å². The van der Waals surface area contributed by atoms with Gasteiger partial charge in [-0.3, -0.25) is 0 Å². The van der Waals surface area contributed by atoms with Crippen molar-refractivity contribution >= 4 is 43.7 Å². The van der Waals surface area contributed by atoms with E-state index in [0.717, 1.165) is 88.4 Å². The highest BCUT2D eigenvalue weighted by Gasteiger charge is 2.22. The number of hydrogen-bond acceptors (Lipinski definition) is 4. The average molecular weight is 717 g/mol. The first-order valence-corrected chi connectivity index (χ1v) is 18.8. The summed E-state index contributed by atoms with van der Waals surface area (Å²) in [6, 6.07) is 67.4. The Morgan fingerprint density at radius 2 is 0.875 bits per heavy atom. The van der Waals surface area contributed by atoms with Crippen molar-refractivity contribution in [1.82, 2.24) is 19.5 Å². The van der Waals surface area contributed by atoms with Crippen molar-refractivity contribution in [3.63, 3.8) is 0 Å². The second-order valence-electron chi connectivity index (χ2n) is 14.0. The van der Waals surface area contributed by atoms with E-state index in [-0.39, 0.29) is 0 Å². The third-order valence-corrected chi connectivity index (χ3v) is 10.7. The molecule has 0 unspecified atom stereocenters. The lowest BCUT2D eigenvalue weighted by molar-refractivity contribution is 0.669. The van der Waals surface area contributed by atoms with Crippen LogP contribution in [-0.4, -0.2) is 19.5 Å². The molecule has 3 heterocycles. The molecular formula is C51H32N4O. The maximum Gasteiger partial charge on any atom is 0.166 e. The fraction of sp³-hybridized carbons (Fsp3) is 0. The molecule has 8 aromatic carbocycles. The van der Waals surface area contributed by atoms with Gasteiger partial charge in [0.1, 0.15) is 11.2 Å². The van der Waals surface area contributed by atoms with Gasteiger partial charge in [0, 0.05) is 44.3 Å². The van der Waals surface area contributed by atoms with Gasteiger partial charge in [-0.15, -0.1) is 0 Å². The van der Waals surface area contributed by atoms with Gasteiger partial charge in [0.15, 0.2) is 17.5 Å². The summed E-state index contributed by atoms with van der Waals surface area (Å²) in [5.74, 6) is 1.81. The van der Waals surface area contributed by atoms with E-state index in [1.807, 2.05) is 72.8 Å². The molecule has 0 atom stereocenters. The van der Waals surface area contributed by atoms with Crippen LogP contribution in [0.15, 0.2) is 199 Å². The Labute approximate surface area is 322 Å². The Bertz CT molecular complexity index is 3180. The summed E-state index contributed by atoms with van der Waals surface area (Å²) in [7, 11) is 0. The number of benzene rings is 8. The molecule has 5 nitrogen and oxygen atoms in total. The predicted molar refractivity (Wildman–Crippen MR) is 229 cm³/mol. The average Bonchev–Trinajstić information content (AvgIpc) is 3.80. The van der Waals surface area contributed by atoms with E-state index in [2.05, 4.69) is 126 Å². The van der Waals surface area contributed by atoms with Crippen LogP contribution < -0.4 is 0 Å². The van der Waals surface area contributed by atoms with Crippen LogP contribution in [0.25, 0.3) is 106 Å². The summed E-state index contributed by atoms with van der Waals surface area (Å²) in [4.78, 5) is 15.6. The SMILES string of the molecule is c1ccc(-c2nc(-c3ccccc3)nc(-c3cc(-c4ccccc4-c4ccccc4)ccc3-n3c4ccccc4c4cc5c(cc43)oc3ccccc35)n2)cc1. The van der Waals surface area contributed by atoms with Crippen LogP contribution in [0.1, 0.15) is 0 Å². The van der Waals surface area contributed by atoms with E-state index in [9.17, 15) is 0 Å². The molecule has 0 aliphatic rings. The van der Waals surface area contributed by atoms with Crippen LogP contribution in [0, 0.1) is 0 Å². The fourth-order valence-electron chi connectivity index (χ4n) is 8.06. The smallest absolute Gasteiger partial charge is 0.166 e. The Kier molecular flexibility index (Phi) is 7.42. The minimum Gasteiger partial charge on any atom is -0.456 e. The molecule has 0 N–H and O–H groups in total. The van der Waals surface area contributed by atoms with E-state index in [4.69, 9.17) is 19.4 Å². The molecule has 3 aromatic heterocycles. The zero-order valence-electron chi connectivity index (χ0n) is 30.2. The number of aromatic nitrogens is 4. The molecule has 0 amide bonds. The zero-order chi connectivity index (χ0) is 37.0. The molecule has 56 heavy (non-hydrogen) atoms. The van der Waals surface area contributed by atoms with Crippen molar-refractivity contribution in [2.45, 2.75) is 0 Å². The predicted octanol–water partition coefficient (Wildman–Crippen LogP) is 13.2. The molecular weight excluding hydrogens is 685 g/mol. The molecule has 11 aromatic rings. The molecule has 0 radical (unpaired) electrons. The largest absolute Gasteiger partial charge is 0.456 e. The second-order valence-corrected chi connectivity index (χ2v) is 14.0. The van der Waals surface area contributed by atoms with Crippen LogP contribution in [0.5, 0.6) is 0 Å². The molecule has 0 saturated carbocycles. The first-order valence-electron chi connectivity index (χ1n) is 18.8. The number of furan rings is 1. The van der Waals surface area contributed by atoms with Crippen molar-refractivity contribution in [2.75, 3.05) is 0 Å². The Hall–Kier alpha value is -7.63. The summed E-state index contributed by atoms with van der Waals surface area (Å²) in [5, 5.41) is 4.51. The zero-order valence-corrected chi connectivity index (χ0v) is 30.2. The molecule has 0 saturated heterocycles. The van der Waals surface area contributed by atoms with Crippen molar-refractivity contribution < 1.29 is 4.42 Å². The van der Waals surface area contributed by atoms with Gasteiger partial charge in [0.2, 0.25) is 0 Å². The Balaban J connectivity index is 1.23. The van der Waals surface area contributed by atoms with Gasteiger partial charge in [0.25, 0.3) is 0 Å². The lowest BCUT2D eigenvalue weighted by Gasteiger charge is -2.17. The lowest BCUT2D eigenvalue weighted by atomic mass is 9.93. The monoisotopic (exact) mass is 716 g/mol. The number of hydrogen-bond donors (Lipinski definition) is 0. The summed E-state index contributed by atoms with van der Waals surface area (Å²) in [6.45, 7) is 0. The summed E-state index contributed by atoms with van der Waals surface area (Å²) >= 11 is 0. The maximum absolute atomic E-state index is 6.48. The highest BCUT2D eigenvalue weighted by molar-refractivity contribution is 6.17. The molecule has 11 rings (SSSR count). The lowest BCUT2D eigenvalue weighted by Crippen LogP contribution is -2.04. The molecule has 0 aliphatic carbocycles. The minimum atomic E-state index is 0.586. The third-order valence-electron chi connectivity index (χ3n) is 10.7. The van der Waals surface area contributed by atoms with E-state index in [0.29, 0.717) is 17.5 Å². The number of para-hydroxylation sites is 2. The van der Waals surface area contributed by atoms with Gasteiger partial charge in [0.05, 0.1) is 16.7 Å². The van der Waals surface area contributed by atoms with Gasteiger partial charge >= 0.3 is 0 Å². The van der Waals surface area contributed by atoms with Gasteiger partial charge < -0.3 is 8.98 Å². The molecule has 0 aliphatic heterocycles. The van der Waals surface area contributed by atoms with Crippen molar-refractivity contribution in [3.8, 4) is 62.1 Å². The molecule has 0 bridgehead atoms. The van der Waals surface area contributed by atoms with Crippen LogP contribution in [0.2, 0.25) is 0 Å². The fourth-order valence-corrected chi connectivity index (χ4v) is 8.06. The highest BCUT2D eigenvalue weighted by atomic mass is 16.3. The Morgan fingerprint density at radius 3 is 1.57 bits per heavy atom. The van der Waals surface area contributed by atoms with Crippen molar-refractivity contribution in [3.05, 3.63) is 194 Å². The summed E-state index contributed by atoms with van der Waals surface area (Å²) in [6.07, 6.45) is 0. The number of nitrogens with zero attached hydrogens (tertiary/aromatic N) is 4. The molecule has 262 valence electrons. The number of fused-ring (bicyclic) bond motifs is 6. The van der Waals surface area contributed by atoms with E-state index in [1.165, 1.54) is 0 Å². The van der Waals surface area contributed by atoms with Gasteiger partial charge in [-0.05, 0) is 52.6 Å². The van der Waals surface area contributed by atoms with Crippen LogP contribution in [0.4, 0.5) is 0 Å².